The van der Waals surface area contributed by atoms with Gasteiger partial charge in [-0.1, -0.05) is 0 Å². The maximum absolute atomic E-state index is 10.8. The molecule has 2 heterocycles. The Labute approximate surface area is 60.2 Å². The van der Waals surface area contributed by atoms with E-state index in [0.29, 0.717) is 5.92 Å². The van der Waals surface area contributed by atoms with E-state index in [-0.39, 0.29) is 11.8 Å². The number of rotatable bonds is 1. The summed E-state index contributed by atoms with van der Waals surface area (Å²) in [7, 11) is 0. The number of carbonyl (C=O) groups excluding carboxylic acids is 1. The molecular weight excluding hydrogens is 128 g/mol. The summed E-state index contributed by atoms with van der Waals surface area (Å²) < 4.78 is 0. The maximum Gasteiger partial charge on any atom is 0.222 e. The summed E-state index contributed by atoms with van der Waals surface area (Å²) >= 11 is 0. The number of nitrogens with zero attached hydrogens (tertiary/aromatic N) is 1. The quantitative estimate of drug-likeness (QED) is 0.530. The van der Waals surface area contributed by atoms with Crippen LogP contribution in [0.2, 0.25) is 0 Å². The van der Waals surface area contributed by atoms with Crippen LogP contribution in [0.25, 0.3) is 0 Å². The Morgan fingerprint density at radius 3 is 2.60 bits per heavy atom. The minimum absolute atomic E-state index is 0.104. The van der Waals surface area contributed by atoms with Gasteiger partial charge in [-0.2, -0.15) is 0 Å². The zero-order chi connectivity index (χ0) is 7.14. The Morgan fingerprint density at radius 1 is 1.50 bits per heavy atom. The lowest BCUT2D eigenvalue weighted by Crippen LogP contribution is -2.33. The van der Waals surface area contributed by atoms with Crippen molar-refractivity contribution in [2.45, 2.75) is 6.42 Å². The minimum Gasteiger partial charge on any atom is -0.369 e. The van der Waals surface area contributed by atoms with E-state index in [1.54, 1.807) is 0 Å². The lowest BCUT2D eigenvalue weighted by molar-refractivity contribution is -0.122. The highest BCUT2D eigenvalue weighted by Crippen LogP contribution is 2.32. The largest absolute Gasteiger partial charge is 0.369 e. The first-order valence-corrected chi connectivity index (χ1v) is 3.79. The highest BCUT2D eigenvalue weighted by Gasteiger charge is 2.40. The third kappa shape index (κ3) is 0.736. The fourth-order valence-corrected chi connectivity index (χ4v) is 2.11. The van der Waals surface area contributed by atoms with Crippen LogP contribution in [-0.4, -0.2) is 30.4 Å². The molecule has 0 saturated carbocycles. The molecule has 3 unspecified atom stereocenters. The van der Waals surface area contributed by atoms with Crippen LogP contribution in [0.5, 0.6) is 0 Å². The van der Waals surface area contributed by atoms with Crippen molar-refractivity contribution in [2.75, 3.05) is 19.6 Å². The van der Waals surface area contributed by atoms with Crippen molar-refractivity contribution in [3.63, 3.8) is 0 Å². The van der Waals surface area contributed by atoms with Gasteiger partial charge in [-0.3, -0.25) is 4.79 Å². The highest BCUT2D eigenvalue weighted by atomic mass is 16.1. The standard InChI is InChI=1S/C7H12N2O/c8-7(10)6-4-9-2-1-5(6)3-9/h5-6H,1-4H2,(H2,8,10). The van der Waals surface area contributed by atoms with Crippen molar-refractivity contribution < 1.29 is 4.79 Å². The molecule has 0 spiro atoms. The predicted octanol–water partition coefficient (Wildman–Crippen LogP) is -0.577. The molecule has 2 N–H and O–H groups in total. The second kappa shape index (κ2) is 1.95. The van der Waals surface area contributed by atoms with Crippen LogP contribution in [0, 0.1) is 11.8 Å². The summed E-state index contributed by atoms with van der Waals surface area (Å²) in [5.74, 6) is 0.637. The molecule has 10 heavy (non-hydrogen) atoms. The molecule has 0 aromatic rings. The van der Waals surface area contributed by atoms with Crippen LogP contribution >= 0.6 is 0 Å². The summed E-state index contributed by atoms with van der Waals surface area (Å²) in [5.41, 5.74) is 5.22. The number of fused-ring (bicyclic) bond motifs is 2. The molecule has 2 bridgehead atoms. The van der Waals surface area contributed by atoms with Crippen molar-refractivity contribution >= 4 is 5.91 Å². The van der Waals surface area contributed by atoms with E-state index in [2.05, 4.69) is 4.90 Å². The van der Waals surface area contributed by atoms with Gasteiger partial charge in [0.15, 0.2) is 0 Å². The van der Waals surface area contributed by atoms with E-state index in [0.717, 1.165) is 13.1 Å². The van der Waals surface area contributed by atoms with Crippen molar-refractivity contribution in [2.24, 2.45) is 17.6 Å². The third-order valence-electron chi connectivity index (χ3n) is 2.70. The van der Waals surface area contributed by atoms with Crippen LogP contribution in [-0.2, 0) is 4.79 Å². The van der Waals surface area contributed by atoms with E-state index >= 15 is 0 Å². The molecule has 56 valence electrons. The lowest BCUT2D eigenvalue weighted by atomic mass is 9.92. The summed E-state index contributed by atoms with van der Waals surface area (Å²) in [6.45, 7) is 3.20. The molecule has 2 fully saturated rings. The Hall–Kier alpha value is -0.570. The van der Waals surface area contributed by atoms with E-state index in [1.807, 2.05) is 0 Å². The van der Waals surface area contributed by atoms with Crippen molar-refractivity contribution in [1.82, 2.24) is 4.90 Å². The first-order valence-electron chi connectivity index (χ1n) is 3.79. The van der Waals surface area contributed by atoms with E-state index in [4.69, 9.17) is 5.73 Å². The fraction of sp³-hybridized carbons (Fsp3) is 0.857. The van der Waals surface area contributed by atoms with Crippen LogP contribution < -0.4 is 5.73 Å². The van der Waals surface area contributed by atoms with Crippen molar-refractivity contribution in [3.8, 4) is 0 Å². The van der Waals surface area contributed by atoms with Gasteiger partial charge in [-0.05, 0) is 18.9 Å². The molecule has 3 nitrogen and oxygen atoms in total. The average molecular weight is 140 g/mol. The van der Waals surface area contributed by atoms with Crippen molar-refractivity contribution in [3.05, 3.63) is 0 Å². The lowest BCUT2D eigenvalue weighted by Gasteiger charge is -2.18. The van der Waals surface area contributed by atoms with Gasteiger partial charge in [0, 0.05) is 13.1 Å². The molecule has 2 aliphatic heterocycles. The molecule has 3 heteroatoms. The Bertz CT molecular complexity index is 169. The number of hydrogen-bond donors (Lipinski definition) is 1. The first kappa shape index (κ1) is 6.16. The second-order valence-electron chi connectivity index (χ2n) is 3.32. The topological polar surface area (TPSA) is 46.3 Å². The molecule has 1 amide bonds. The van der Waals surface area contributed by atoms with E-state index < -0.39 is 0 Å². The highest BCUT2D eigenvalue weighted by molar-refractivity contribution is 5.77. The number of hydrogen-bond acceptors (Lipinski definition) is 2. The van der Waals surface area contributed by atoms with E-state index in [9.17, 15) is 4.79 Å². The molecular formula is C7H12N2O. The molecule has 2 aliphatic rings. The summed E-state index contributed by atoms with van der Waals surface area (Å²) in [6, 6.07) is 0. The average Bonchev–Trinajstić information content (AvgIpc) is 2.44. The minimum atomic E-state index is -0.104. The molecule has 2 rings (SSSR count). The van der Waals surface area contributed by atoms with Gasteiger partial charge in [0.2, 0.25) is 5.91 Å². The molecule has 2 saturated heterocycles. The van der Waals surface area contributed by atoms with Gasteiger partial charge in [0.25, 0.3) is 0 Å². The molecule has 0 aromatic carbocycles. The van der Waals surface area contributed by atoms with Gasteiger partial charge < -0.3 is 10.6 Å². The summed E-state index contributed by atoms with van der Waals surface area (Å²) in [6.07, 6.45) is 1.17. The van der Waals surface area contributed by atoms with E-state index in [1.165, 1.54) is 13.0 Å². The number of carbonyl (C=O) groups is 1. The molecule has 3 atom stereocenters. The Morgan fingerprint density at radius 2 is 2.30 bits per heavy atom. The van der Waals surface area contributed by atoms with Gasteiger partial charge >= 0.3 is 0 Å². The monoisotopic (exact) mass is 140 g/mol. The van der Waals surface area contributed by atoms with Gasteiger partial charge in [0.05, 0.1) is 5.92 Å². The number of nitrogens with two attached hydrogens (primary N) is 1. The smallest absolute Gasteiger partial charge is 0.222 e. The van der Waals surface area contributed by atoms with Gasteiger partial charge in [0.1, 0.15) is 0 Å². The second-order valence-corrected chi connectivity index (χ2v) is 3.32. The molecule has 0 radical (unpaired) electrons. The zero-order valence-corrected chi connectivity index (χ0v) is 5.92. The summed E-state index contributed by atoms with van der Waals surface area (Å²) in [4.78, 5) is 13.1. The van der Waals surface area contributed by atoms with Gasteiger partial charge in [-0.25, -0.2) is 0 Å². The normalized spacial score (nSPS) is 44.2. The third-order valence-corrected chi connectivity index (χ3v) is 2.70. The first-order chi connectivity index (χ1) is 4.77. The van der Waals surface area contributed by atoms with Crippen molar-refractivity contribution in [1.29, 1.82) is 0 Å². The summed E-state index contributed by atoms with van der Waals surface area (Å²) in [5, 5.41) is 0. The number of primary amides is 1. The fourth-order valence-electron chi connectivity index (χ4n) is 2.11. The van der Waals surface area contributed by atoms with Crippen LogP contribution in [0.3, 0.4) is 0 Å². The number of piperidine rings is 1. The Kier molecular flexibility index (Phi) is 1.20. The molecule has 0 aliphatic carbocycles. The van der Waals surface area contributed by atoms with Crippen LogP contribution in [0.4, 0.5) is 0 Å². The van der Waals surface area contributed by atoms with Crippen LogP contribution in [0.15, 0.2) is 0 Å². The maximum atomic E-state index is 10.8. The molecule has 0 aromatic heterocycles. The van der Waals surface area contributed by atoms with Gasteiger partial charge in [-0.15, -0.1) is 0 Å². The Balaban J connectivity index is 2.08. The number of amides is 1. The zero-order valence-electron chi connectivity index (χ0n) is 5.92. The SMILES string of the molecule is NC(=O)C1CN2CCC1C2. The predicted molar refractivity (Wildman–Crippen MR) is 37.2 cm³/mol. The van der Waals surface area contributed by atoms with Crippen LogP contribution in [0.1, 0.15) is 6.42 Å².